The number of para-hydroxylation sites is 1. The summed E-state index contributed by atoms with van der Waals surface area (Å²) in [5.74, 6) is -1.35. The number of rotatable bonds is 5. The highest BCUT2D eigenvalue weighted by Gasteiger charge is 2.25. The van der Waals surface area contributed by atoms with Gasteiger partial charge in [-0.1, -0.05) is 18.2 Å². The molecule has 1 aromatic rings. The van der Waals surface area contributed by atoms with E-state index in [9.17, 15) is 14.4 Å². The molecule has 0 aliphatic heterocycles. The van der Waals surface area contributed by atoms with Crippen LogP contribution in [0.1, 0.15) is 6.42 Å². The molecular formula is C13H16N2O5. The first-order valence-corrected chi connectivity index (χ1v) is 5.84. The zero-order valence-electron chi connectivity index (χ0n) is 11.2. The summed E-state index contributed by atoms with van der Waals surface area (Å²) in [4.78, 5) is 34.4. The number of benzene rings is 1. The number of ether oxygens (including phenoxy) is 2. The zero-order valence-corrected chi connectivity index (χ0v) is 11.2. The van der Waals surface area contributed by atoms with Crippen molar-refractivity contribution in [3.05, 3.63) is 30.3 Å². The molecule has 7 nitrogen and oxygen atoms in total. The van der Waals surface area contributed by atoms with E-state index >= 15 is 0 Å². The Morgan fingerprint density at radius 3 is 2.30 bits per heavy atom. The van der Waals surface area contributed by atoms with Gasteiger partial charge < -0.3 is 20.1 Å². The third-order valence-corrected chi connectivity index (χ3v) is 2.42. The molecule has 1 unspecified atom stereocenters. The fourth-order valence-corrected chi connectivity index (χ4v) is 1.43. The topological polar surface area (TPSA) is 93.7 Å². The Morgan fingerprint density at radius 2 is 1.75 bits per heavy atom. The number of anilines is 1. The number of methoxy groups -OCH3 is 2. The van der Waals surface area contributed by atoms with Crippen molar-refractivity contribution in [2.75, 3.05) is 19.5 Å². The Bertz CT molecular complexity index is 475. The monoisotopic (exact) mass is 280 g/mol. The van der Waals surface area contributed by atoms with Gasteiger partial charge in [-0.2, -0.15) is 0 Å². The maximum Gasteiger partial charge on any atom is 0.329 e. The number of hydrogen-bond donors (Lipinski definition) is 2. The van der Waals surface area contributed by atoms with Crippen LogP contribution in [-0.2, 0) is 19.1 Å². The SMILES string of the molecule is COC(=O)CC(NC(=O)Nc1ccccc1)C(=O)OC. The van der Waals surface area contributed by atoms with Crippen LogP contribution in [0.2, 0.25) is 0 Å². The molecule has 20 heavy (non-hydrogen) atoms. The fourth-order valence-electron chi connectivity index (χ4n) is 1.43. The predicted molar refractivity (Wildman–Crippen MR) is 71.0 cm³/mol. The maximum atomic E-state index is 11.7. The van der Waals surface area contributed by atoms with Gasteiger partial charge in [-0.15, -0.1) is 0 Å². The van der Waals surface area contributed by atoms with Crippen LogP contribution in [0.25, 0.3) is 0 Å². The molecule has 2 N–H and O–H groups in total. The second-order valence-electron chi connectivity index (χ2n) is 3.82. The number of carbonyl (C=O) groups excluding carboxylic acids is 3. The second kappa shape index (κ2) is 7.78. The Balaban J connectivity index is 2.62. The van der Waals surface area contributed by atoms with Gasteiger partial charge in [0.2, 0.25) is 0 Å². The van der Waals surface area contributed by atoms with Crippen molar-refractivity contribution < 1.29 is 23.9 Å². The summed E-state index contributed by atoms with van der Waals surface area (Å²) in [6, 6.07) is 6.97. The molecule has 0 bridgehead atoms. The molecule has 108 valence electrons. The van der Waals surface area contributed by atoms with Crippen molar-refractivity contribution in [2.24, 2.45) is 0 Å². The molecule has 0 aliphatic rings. The van der Waals surface area contributed by atoms with E-state index in [1.807, 2.05) is 0 Å². The van der Waals surface area contributed by atoms with E-state index in [1.165, 1.54) is 14.2 Å². The van der Waals surface area contributed by atoms with Crippen molar-refractivity contribution >= 4 is 23.7 Å². The first-order valence-electron chi connectivity index (χ1n) is 5.84. The number of hydrogen-bond acceptors (Lipinski definition) is 5. The highest BCUT2D eigenvalue weighted by molar-refractivity contribution is 5.93. The zero-order chi connectivity index (χ0) is 15.0. The Labute approximate surface area is 116 Å². The van der Waals surface area contributed by atoms with Gasteiger partial charge >= 0.3 is 18.0 Å². The lowest BCUT2D eigenvalue weighted by Gasteiger charge is -2.15. The normalized spacial score (nSPS) is 11.1. The minimum Gasteiger partial charge on any atom is -0.469 e. The van der Waals surface area contributed by atoms with Crippen LogP contribution in [0.3, 0.4) is 0 Å². The Morgan fingerprint density at radius 1 is 1.10 bits per heavy atom. The molecule has 1 aromatic carbocycles. The predicted octanol–water partition coefficient (Wildman–Crippen LogP) is 0.913. The fraction of sp³-hybridized carbons (Fsp3) is 0.308. The van der Waals surface area contributed by atoms with Crippen molar-refractivity contribution in [3.8, 4) is 0 Å². The van der Waals surface area contributed by atoms with E-state index in [4.69, 9.17) is 0 Å². The number of urea groups is 1. The average Bonchev–Trinajstić information content (AvgIpc) is 2.46. The number of esters is 2. The van der Waals surface area contributed by atoms with E-state index in [2.05, 4.69) is 20.1 Å². The van der Waals surface area contributed by atoms with Gasteiger partial charge in [0.1, 0.15) is 6.04 Å². The van der Waals surface area contributed by atoms with E-state index in [1.54, 1.807) is 30.3 Å². The number of amides is 2. The van der Waals surface area contributed by atoms with Gasteiger partial charge in [-0.05, 0) is 12.1 Å². The van der Waals surface area contributed by atoms with Crippen LogP contribution in [0.4, 0.5) is 10.5 Å². The first-order chi connectivity index (χ1) is 9.56. The van der Waals surface area contributed by atoms with E-state index < -0.39 is 24.0 Å². The summed E-state index contributed by atoms with van der Waals surface area (Å²) in [5, 5.41) is 4.89. The highest BCUT2D eigenvalue weighted by atomic mass is 16.5. The quantitative estimate of drug-likeness (QED) is 0.782. The molecule has 0 saturated carbocycles. The molecule has 0 fully saturated rings. The smallest absolute Gasteiger partial charge is 0.329 e. The van der Waals surface area contributed by atoms with Gasteiger partial charge in [0, 0.05) is 5.69 Å². The summed E-state index contributed by atoms with van der Waals surface area (Å²) in [7, 11) is 2.37. The van der Waals surface area contributed by atoms with Gasteiger partial charge in [-0.3, -0.25) is 4.79 Å². The largest absolute Gasteiger partial charge is 0.469 e. The van der Waals surface area contributed by atoms with Gasteiger partial charge in [0.25, 0.3) is 0 Å². The van der Waals surface area contributed by atoms with Crippen LogP contribution in [0, 0.1) is 0 Å². The molecule has 7 heteroatoms. The second-order valence-corrected chi connectivity index (χ2v) is 3.82. The molecule has 0 aliphatic carbocycles. The lowest BCUT2D eigenvalue weighted by Crippen LogP contribution is -2.45. The summed E-state index contributed by atoms with van der Waals surface area (Å²) in [6.45, 7) is 0. The van der Waals surface area contributed by atoms with Crippen LogP contribution in [-0.4, -0.2) is 38.2 Å². The molecule has 0 spiro atoms. The highest BCUT2D eigenvalue weighted by Crippen LogP contribution is 2.05. The first kappa shape index (κ1) is 15.5. The molecule has 0 aromatic heterocycles. The van der Waals surface area contributed by atoms with E-state index in [-0.39, 0.29) is 6.42 Å². The third-order valence-electron chi connectivity index (χ3n) is 2.42. The Kier molecular flexibility index (Phi) is 6.02. The number of nitrogens with one attached hydrogen (secondary N) is 2. The third kappa shape index (κ3) is 4.97. The molecule has 0 saturated heterocycles. The molecule has 0 radical (unpaired) electrons. The molecule has 2 amide bonds. The summed E-state index contributed by atoms with van der Waals surface area (Å²) in [6.07, 6.45) is -0.300. The van der Waals surface area contributed by atoms with Crippen molar-refractivity contribution in [1.29, 1.82) is 0 Å². The summed E-state index contributed by atoms with van der Waals surface area (Å²) >= 11 is 0. The van der Waals surface area contributed by atoms with E-state index in [0.717, 1.165) is 0 Å². The van der Waals surface area contributed by atoms with Crippen molar-refractivity contribution in [3.63, 3.8) is 0 Å². The van der Waals surface area contributed by atoms with Crippen LogP contribution in [0.5, 0.6) is 0 Å². The standard InChI is InChI=1S/C13H16N2O5/c1-19-11(16)8-10(12(17)20-2)15-13(18)14-9-6-4-3-5-7-9/h3-7,10H,8H2,1-2H3,(H2,14,15,18). The van der Waals surface area contributed by atoms with Crippen LogP contribution < -0.4 is 10.6 Å². The lowest BCUT2D eigenvalue weighted by molar-refractivity contribution is -0.149. The molecular weight excluding hydrogens is 264 g/mol. The Hall–Kier alpha value is -2.57. The molecule has 1 rings (SSSR count). The maximum absolute atomic E-state index is 11.7. The minimum atomic E-state index is -1.10. The van der Waals surface area contributed by atoms with Gasteiger partial charge in [-0.25, -0.2) is 9.59 Å². The van der Waals surface area contributed by atoms with Crippen LogP contribution >= 0.6 is 0 Å². The lowest BCUT2D eigenvalue weighted by atomic mass is 10.2. The van der Waals surface area contributed by atoms with Crippen molar-refractivity contribution in [2.45, 2.75) is 12.5 Å². The molecule has 1 atom stereocenters. The van der Waals surface area contributed by atoms with E-state index in [0.29, 0.717) is 5.69 Å². The summed E-state index contributed by atoms with van der Waals surface area (Å²) < 4.78 is 8.98. The van der Waals surface area contributed by atoms with Crippen LogP contribution in [0.15, 0.2) is 30.3 Å². The minimum absolute atomic E-state index is 0.300. The average molecular weight is 280 g/mol. The van der Waals surface area contributed by atoms with Gasteiger partial charge in [0.05, 0.1) is 20.6 Å². The molecule has 0 heterocycles. The number of carbonyl (C=O) groups is 3. The van der Waals surface area contributed by atoms with Gasteiger partial charge in [0.15, 0.2) is 0 Å². The summed E-state index contributed by atoms with van der Waals surface area (Å²) in [5.41, 5.74) is 0.562. The van der Waals surface area contributed by atoms with Crippen molar-refractivity contribution in [1.82, 2.24) is 5.32 Å².